The van der Waals surface area contributed by atoms with Gasteiger partial charge in [-0.25, -0.2) is 14.0 Å². The van der Waals surface area contributed by atoms with Crippen molar-refractivity contribution in [3.63, 3.8) is 0 Å². The average molecular weight is 244 g/mol. The van der Waals surface area contributed by atoms with Crippen molar-refractivity contribution < 1.29 is 0 Å². The van der Waals surface area contributed by atoms with Crippen molar-refractivity contribution >= 4 is 23.2 Å². The summed E-state index contributed by atoms with van der Waals surface area (Å²) in [5.41, 5.74) is 0.204. The molecule has 2 aromatic rings. The summed E-state index contributed by atoms with van der Waals surface area (Å²) < 4.78 is 2.41. The lowest BCUT2D eigenvalue weighted by atomic mass is 10.3. The fourth-order valence-corrected chi connectivity index (χ4v) is 1.77. The first-order chi connectivity index (χ1) is 7.11. The molecule has 0 bridgehead atoms. The van der Waals surface area contributed by atoms with Crippen LogP contribution >= 0.6 is 23.2 Å². The van der Waals surface area contributed by atoms with Crippen LogP contribution in [0.4, 0.5) is 0 Å². The van der Waals surface area contributed by atoms with E-state index < -0.39 is 0 Å². The topological polar surface area (TPSA) is 39.8 Å². The van der Waals surface area contributed by atoms with E-state index in [0.29, 0.717) is 10.7 Å². The fourth-order valence-electron chi connectivity index (χ4n) is 1.27. The minimum Gasteiger partial charge on any atom is -0.246 e. The Morgan fingerprint density at radius 1 is 1.27 bits per heavy atom. The smallest absolute Gasteiger partial charge is 0.246 e. The van der Waals surface area contributed by atoms with Crippen LogP contribution in [0.2, 0.25) is 10.3 Å². The van der Waals surface area contributed by atoms with Gasteiger partial charge in [-0.3, -0.25) is 0 Å². The maximum atomic E-state index is 11.7. The highest BCUT2D eigenvalue weighted by atomic mass is 35.5. The van der Waals surface area contributed by atoms with Gasteiger partial charge in [-0.05, 0) is 23.7 Å². The molecule has 0 aliphatic carbocycles. The number of benzene rings is 1. The van der Waals surface area contributed by atoms with E-state index in [0.717, 1.165) is 4.68 Å². The summed E-state index contributed by atoms with van der Waals surface area (Å²) in [6, 6.07) is 6.95. The molecule has 6 heteroatoms. The SMILES string of the molecule is Cn1nc(Cl)n(-c2ccccc2Cl)c1=O. The number of nitrogens with zero attached hydrogens (tertiary/aromatic N) is 3. The summed E-state index contributed by atoms with van der Waals surface area (Å²) in [6.07, 6.45) is 0. The number of aromatic nitrogens is 3. The predicted molar refractivity (Wildman–Crippen MR) is 58.8 cm³/mol. The Morgan fingerprint density at radius 2 is 1.93 bits per heavy atom. The second kappa shape index (κ2) is 3.72. The number of hydrogen-bond donors (Lipinski definition) is 0. The zero-order valence-electron chi connectivity index (χ0n) is 7.82. The Morgan fingerprint density at radius 3 is 2.47 bits per heavy atom. The Balaban J connectivity index is 2.75. The zero-order valence-corrected chi connectivity index (χ0v) is 9.33. The molecule has 0 atom stereocenters. The first kappa shape index (κ1) is 10.3. The Labute approximate surface area is 95.7 Å². The van der Waals surface area contributed by atoms with E-state index in [4.69, 9.17) is 23.2 Å². The maximum Gasteiger partial charge on any atom is 0.351 e. The highest BCUT2D eigenvalue weighted by Gasteiger charge is 2.12. The molecule has 4 nitrogen and oxygen atoms in total. The molecule has 1 aromatic heterocycles. The molecule has 0 N–H and O–H groups in total. The van der Waals surface area contributed by atoms with Crippen LogP contribution < -0.4 is 5.69 Å². The fraction of sp³-hybridized carbons (Fsp3) is 0.111. The summed E-state index contributed by atoms with van der Waals surface area (Å²) in [5, 5.41) is 4.35. The van der Waals surface area contributed by atoms with Crippen LogP contribution in [0, 0.1) is 0 Å². The normalized spacial score (nSPS) is 10.6. The largest absolute Gasteiger partial charge is 0.351 e. The highest BCUT2D eigenvalue weighted by Crippen LogP contribution is 2.20. The van der Waals surface area contributed by atoms with Crippen LogP contribution in [0.15, 0.2) is 29.1 Å². The highest BCUT2D eigenvalue weighted by molar-refractivity contribution is 6.33. The third kappa shape index (κ3) is 1.66. The summed E-state index contributed by atoms with van der Waals surface area (Å²) in [7, 11) is 1.53. The summed E-state index contributed by atoms with van der Waals surface area (Å²) in [4.78, 5) is 11.7. The standard InChI is InChI=1S/C9H7Cl2N3O/c1-13-9(15)14(8(11)12-13)7-5-3-2-4-6(7)10/h2-5H,1H3. The third-order valence-electron chi connectivity index (χ3n) is 1.98. The molecule has 0 unspecified atom stereocenters. The van der Waals surface area contributed by atoms with Crippen molar-refractivity contribution in [1.82, 2.24) is 14.3 Å². The van der Waals surface area contributed by atoms with E-state index >= 15 is 0 Å². The number of halogens is 2. The van der Waals surface area contributed by atoms with E-state index in [9.17, 15) is 4.79 Å². The monoisotopic (exact) mass is 243 g/mol. The molecule has 0 spiro atoms. The molecular weight excluding hydrogens is 237 g/mol. The lowest BCUT2D eigenvalue weighted by molar-refractivity contribution is 0.726. The molecular formula is C9H7Cl2N3O. The molecule has 0 aliphatic heterocycles. The lowest BCUT2D eigenvalue weighted by Crippen LogP contribution is -2.21. The molecule has 0 radical (unpaired) electrons. The summed E-state index contributed by atoms with van der Waals surface area (Å²) in [6.45, 7) is 0. The van der Waals surface area contributed by atoms with Crippen LogP contribution in [-0.2, 0) is 7.05 Å². The molecule has 1 aromatic carbocycles. The van der Waals surface area contributed by atoms with Gasteiger partial charge in [0.2, 0.25) is 5.28 Å². The van der Waals surface area contributed by atoms with E-state index in [1.807, 2.05) is 0 Å². The Hall–Kier alpha value is -1.26. The van der Waals surface area contributed by atoms with Gasteiger partial charge in [0.25, 0.3) is 0 Å². The van der Waals surface area contributed by atoms with Crippen molar-refractivity contribution in [2.75, 3.05) is 0 Å². The first-order valence-corrected chi connectivity index (χ1v) is 4.93. The van der Waals surface area contributed by atoms with Crippen LogP contribution in [0.3, 0.4) is 0 Å². The second-order valence-corrected chi connectivity index (χ2v) is 3.71. The number of aryl methyl sites for hydroxylation is 1. The minimum absolute atomic E-state index is 0.0931. The minimum atomic E-state index is -0.326. The van der Waals surface area contributed by atoms with Gasteiger partial charge in [-0.1, -0.05) is 23.7 Å². The van der Waals surface area contributed by atoms with Crippen LogP contribution in [0.5, 0.6) is 0 Å². The Kier molecular flexibility index (Phi) is 2.54. The zero-order chi connectivity index (χ0) is 11.0. The molecule has 15 heavy (non-hydrogen) atoms. The first-order valence-electron chi connectivity index (χ1n) is 4.17. The maximum absolute atomic E-state index is 11.7. The van der Waals surface area contributed by atoms with Crippen LogP contribution in [-0.4, -0.2) is 14.3 Å². The molecule has 0 aliphatic rings. The van der Waals surface area contributed by atoms with Gasteiger partial charge in [0.05, 0.1) is 10.7 Å². The predicted octanol–water partition coefficient (Wildman–Crippen LogP) is 1.88. The lowest BCUT2D eigenvalue weighted by Gasteiger charge is -2.02. The van der Waals surface area contributed by atoms with Gasteiger partial charge in [-0.2, -0.15) is 0 Å². The third-order valence-corrected chi connectivity index (χ3v) is 2.54. The Bertz CT molecular complexity index is 559. The molecule has 0 amide bonds. The molecule has 0 saturated heterocycles. The summed E-state index contributed by atoms with van der Waals surface area (Å²) >= 11 is 11.8. The van der Waals surface area contributed by atoms with Crippen molar-refractivity contribution in [3.05, 3.63) is 45.1 Å². The molecule has 1 heterocycles. The van der Waals surface area contributed by atoms with Gasteiger partial charge in [0, 0.05) is 7.05 Å². The van der Waals surface area contributed by atoms with Crippen molar-refractivity contribution in [2.24, 2.45) is 7.05 Å². The molecule has 78 valence electrons. The van der Waals surface area contributed by atoms with Gasteiger partial charge < -0.3 is 0 Å². The van der Waals surface area contributed by atoms with Gasteiger partial charge in [0.1, 0.15) is 0 Å². The van der Waals surface area contributed by atoms with Crippen LogP contribution in [0.25, 0.3) is 5.69 Å². The number of para-hydroxylation sites is 1. The second-order valence-electron chi connectivity index (χ2n) is 2.96. The van der Waals surface area contributed by atoms with Crippen molar-refractivity contribution in [1.29, 1.82) is 0 Å². The van der Waals surface area contributed by atoms with Gasteiger partial charge >= 0.3 is 5.69 Å². The van der Waals surface area contributed by atoms with Gasteiger partial charge in [-0.15, -0.1) is 5.10 Å². The van der Waals surface area contributed by atoms with Crippen molar-refractivity contribution in [3.8, 4) is 5.69 Å². The van der Waals surface area contributed by atoms with E-state index in [-0.39, 0.29) is 11.0 Å². The summed E-state index contributed by atoms with van der Waals surface area (Å²) in [5.74, 6) is 0. The number of rotatable bonds is 1. The average Bonchev–Trinajstić information content (AvgIpc) is 2.43. The molecule has 0 fully saturated rings. The van der Waals surface area contributed by atoms with E-state index in [1.165, 1.54) is 11.6 Å². The van der Waals surface area contributed by atoms with Crippen molar-refractivity contribution in [2.45, 2.75) is 0 Å². The molecule has 0 saturated carbocycles. The number of hydrogen-bond acceptors (Lipinski definition) is 2. The quantitative estimate of drug-likeness (QED) is 0.768. The van der Waals surface area contributed by atoms with E-state index in [2.05, 4.69) is 5.10 Å². The van der Waals surface area contributed by atoms with Gasteiger partial charge in [0.15, 0.2) is 0 Å². The molecule has 2 rings (SSSR count). The van der Waals surface area contributed by atoms with E-state index in [1.54, 1.807) is 24.3 Å². The van der Waals surface area contributed by atoms with Crippen LogP contribution in [0.1, 0.15) is 0 Å².